The normalized spacial score (nSPS) is 12.6. The Kier molecular flexibility index (Phi) is 4.26. The third-order valence-corrected chi connectivity index (χ3v) is 2.56. The first-order chi connectivity index (χ1) is 8.01. The Bertz CT molecular complexity index is 462. The molecule has 4 N–H and O–H groups in total. The van der Waals surface area contributed by atoms with Gasteiger partial charge in [-0.2, -0.15) is 0 Å². The predicted octanol–water partition coefficient (Wildman–Crippen LogP) is 2.53. The van der Waals surface area contributed by atoms with Gasteiger partial charge in [0.25, 0.3) is 0 Å². The van der Waals surface area contributed by atoms with Gasteiger partial charge in [0, 0.05) is 36.3 Å². The molecule has 0 aliphatic carbocycles. The molecule has 1 aromatic rings. The number of anilines is 1. The number of halogens is 1. The summed E-state index contributed by atoms with van der Waals surface area (Å²) in [5.74, 6) is -0.163. The molecule has 0 amide bonds. The summed E-state index contributed by atoms with van der Waals surface area (Å²) in [5.41, 5.74) is 14.1. The van der Waals surface area contributed by atoms with Crippen molar-refractivity contribution >= 4 is 17.5 Å². The van der Waals surface area contributed by atoms with Crippen molar-refractivity contribution in [3.05, 3.63) is 35.3 Å². The van der Waals surface area contributed by atoms with Gasteiger partial charge < -0.3 is 11.5 Å². The van der Waals surface area contributed by atoms with Gasteiger partial charge in [0.2, 0.25) is 0 Å². The Hall–Kier alpha value is -1.84. The summed E-state index contributed by atoms with van der Waals surface area (Å²) in [6.07, 6.45) is 2.94. The Morgan fingerprint density at radius 1 is 1.41 bits per heavy atom. The zero-order valence-corrected chi connectivity index (χ0v) is 10.4. The zero-order chi connectivity index (χ0) is 13.0. The van der Waals surface area contributed by atoms with E-state index in [1.165, 1.54) is 18.3 Å². The smallest absolute Gasteiger partial charge is 0.124 e. The molecule has 0 spiro atoms. The van der Waals surface area contributed by atoms with Crippen molar-refractivity contribution < 1.29 is 4.39 Å². The van der Waals surface area contributed by atoms with Crippen LogP contribution in [0.3, 0.4) is 0 Å². The minimum Gasteiger partial charge on any atom is -0.404 e. The highest BCUT2D eigenvalue weighted by Gasteiger charge is 2.13. The SMILES string of the molecule is CN=CC(=CN)c1cc(F)cc(C(C)C)c1N. The van der Waals surface area contributed by atoms with Gasteiger partial charge in [-0.1, -0.05) is 13.8 Å². The lowest BCUT2D eigenvalue weighted by Gasteiger charge is -2.14. The Balaban J connectivity index is 3.43. The number of nitrogen functional groups attached to an aromatic ring is 1. The Morgan fingerprint density at radius 2 is 2.06 bits per heavy atom. The summed E-state index contributed by atoms with van der Waals surface area (Å²) in [4.78, 5) is 3.88. The first-order valence-electron chi connectivity index (χ1n) is 5.44. The Labute approximate surface area is 101 Å². The fraction of sp³-hybridized carbons (Fsp3) is 0.308. The number of hydrogen-bond donors (Lipinski definition) is 2. The quantitative estimate of drug-likeness (QED) is 0.624. The van der Waals surface area contributed by atoms with E-state index in [-0.39, 0.29) is 11.7 Å². The fourth-order valence-corrected chi connectivity index (χ4v) is 1.70. The number of benzene rings is 1. The van der Waals surface area contributed by atoms with Crippen molar-refractivity contribution in [3.8, 4) is 0 Å². The second kappa shape index (κ2) is 5.48. The maximum absolute atomic E-state index is 13.5. The van der Waals surface area contributed by atoms with E-state index in [0.717, 1.165) is 5.56 Å². The third-order valence-electron chi connectivity index (χ3n) is 2.56. The number of allylic oxidation sites excluding steroid dienone is 1. The number of rotatable bonds is 3. The summed E-state index contributed by atoms with van der Waals surface area (Å²) < 4.78 is 13.5. The molecule has 0 aliphatic heterocycles. The number of nitrogens with zero attached hydrogens (tertiary/aromatic N) is 1. The first kappa shape index (κ1) is 13.2. The third kappa shape index (κ3) is 2.84. The van der Waals surface area contributed by atoms with Crippen LogP contribution in [0.25, 0.3) is 5.57 Å². The van der Waals surface area contributed by atoms with E-state index in [4.69, 9.17) is 11.5 Å². The van der Waals surface area contributed by atoms with Crippen LogP contribution < -0.4 is 11.5 Å². The molecule has 0 bridgehead atoms. The van der Waals surface area contributed by atoms with Gasteiger partial charge >= 0.3 is 0 Å². The molecule has 3 nitrogen and oxygen atoms in total. The monoisotopic (exact) mass is 235 g/mol. The van der Waals surface area contributed by atoms with Crippen LogP contribution >= 0.6 is 0 Å². The fourth-order valence-electron chi connectivity index (χ4n) is 1.70. The van der Waals surface area contributed by atoms with Crippen LogP contribution in [0.2, 0.25) is 0 Å². The lowest BCUT2D eigenvalue weighted by molar-refractivity contribution is 0.623. The number of nitrogens with two attached hydrogens (primary N) is 2. The molecule has 92 valence electrons. The van der Waals surface area contributed by atoms with E-state index in [1.807, 2.05) is 13.8 Å². The molecule has 17 heavy (non-hydrogen) atoms. The minimum absolute atomic E-state index is 0.155. The van der Waals surface area contributed by atoms with E-state index in [9.17, 15) is 4.39 Å². The van der Waals surface area contributed by atoms with Gasteiger partial charge in [-0.05, 0) is 23.6 Å². The largest absolute Gasteiger partial charge is 0.404 e. The predicted molar refractivity (Wildman–Crippen MR) is 71.5 cm³/mol. The second-order valence-electron chi connectivity index (χ2n) is 4.12. The molecule has 0 atom stereocenters. The van der Waals surface area contributed by atoms with Crippen LogP contribution in [-0.4, -0.2) is 13.3 Å². The van der Waals surface area contributed by atoms with Crippen molar-refractivity contribution in [1.82, 2.24) is 0 Å². The maximum atomic E-state index is 13.5. The molecule has 0 aliphatic rings. The second-order valence-corrected chi connectivity index (χ2v) is 4.12. The standard InChI is InChI=1S/C13H18FN3/c1-8(2)11-4-10(14)5-12(13(11)16)9(6-15)7-17-3/h4-8H,15-16H2,1-3H3. The van der Waals surface area contributed by atoms with Crippen LogP contribution in [-0.2, 0) is 0 Å². The highest BCUT2D eigenvalue weighted by molar-refractivity contribution is 6.11. The van der Waals surface area contributed by atoms with Crippen molar-refractivity contribution in [2.45, 2.75) is 19.8 Å². The number of aliphatic imine (C=N–C) groups is 1. The van der Waals surface area contributed by atoms with Crippen LogP contribution in [0.15, 0.2) is 23.3 Å². The van der Waals surface area contributed by atoms with Gasteiger partial charge in [0.1, 0.15) is 5.82 Å². The molecular weight excluding hydrogens is 217 g/mol. The highest BCUT2D eigenvalue weighted by atomic mass is 19.1. The highest BCUT2D eigenvalue weighted by Crippen LogP contribution is 2.30. The summed E-state index contributed by atoms with van der Waals surface area (Å²) in [7, 11) is 1.63. The maximum Gasteiger partial charge on any atom is 0.124 e. The van der Waals surface area contributed by atoms with Crippen molar-refractivity contribution in [2.75, 3.05) is 12.8 Å². The minimum atomic E-state index is -0.318. The van der Waals surface area contributed by atoms with Crippen molar-refractivity contribution in [2.24, 2.45) is 10.7 Å². The molecule has 1 rings (SSSR count). The molecule has 4 heteroatoms. The van der Waals surface area contributed by atoms with Crippen LogP contribution in [0.1, 0.15) is 30.9 Å². The lowest BCUT2D eigenvalue weighted by atomic mass is 9.95. The average Bonchev–Trinajstić information content (AvgIpc) is 2.28. The molecule has 0 heterocycles. The van der Waals surface area contributed by atoms with Gasteiger partial charge in [0.05, 0.1) is 0 Å². The molecule has 0 saturated carbocycles. The van der Waals surface area contributed by atoms with E-state index < -0.39 is 0 Å². The summed E-state index contributed by atoms with van der Waals surface area (Å²) in [6.45, 7) is 3.93. The van der Waals surface area contributed by atoms with Gasteiger partial charge in [-0.25, -0.2) is 4.39 Å². The van der Waals surface area contributed by atoms with Crippen LogP contribution in [0.4, 0.5) is 10.1 Å². The lowest BCUT2D eigenvalue weighted by Crippen LogP contribution is -2.04. The van der Waals surface area contributed by atoms with E-state index in [0.29, 0.717) is 16.8 Å². The molecule has 1 aromatic carbocycles. The van der Waals surface area contributed by atoms with E-state index in [1.54, 1.807) is 13.3 Å². The van der Waals surface area contributed by atoms with Gasteiger partial charge in [-0.15, -0.1) is 0 Å². The topological polar surface area (TPSA) is 64.4 Å². The Morgan fingerprint density at radius 3 is 2.53 bits per heavy atom. The molecule has 0 fully saturated rings. The molecule has 0 saturated heterocycles. The van der Waals surface area contributed by atoms with Crippen LogP contribution in [0.5, 0.6) is 0 Å². The van der Waals surface area contributed by atoms with Gasteiger partial charge in [-0.3, -0.25) is 4.99 Å². The average molecular weight is 235 g/mol. The molecule has 0 unspecified atom stereocenters. The summed E-state index contributed by atoms with van der Waals surface area (Å²) in [6, 6.07) is 2.84. The molecule has 0 radical (unpaired) electrons. The van der Waals surface area contributed by atoms with Crippen molar-refractivity contribution in [3.63, 3.8) is 0 Å². The summed E-state index contributed by atoms with van der Waals surface area (Å²) >= 11 is 0. The molecule has 0 aromatic heterocycles. The number of hydrogen-bond acceptors (Lipinski definition) is 3. The van der Waals surface area contributed by atoms with Crippen LogP contribution in [0, 0.1) is 5.82 Å². The first-order valence-corrected chi connectivity index (χ1v) is 5.44. The summed E-state index contributed by atoms with van der Waals surface area (Å²) in [5, 5.41) is 0. The van der Waals surface area contributed by atoms with Crippen molar-refractivity contribution in [1.29, 1.82) is 0 Å². The van der Waals surface area contributed by atoms with Gasteiger partial charge in [0.15, 0.2) is 0 Å². The van der Waals surface area contributed by atoms with E-state index in [2.05, 4.69) is 4.99 Å². The van der Waals surface area contributed by atoms with E-state index >= 15 is 0 Å². The zero-order valence-electron chi connectivity index (χ0n) is 10.4. The molecular formula is C13H18FN3.